The number of anilines is 1. The van der Waals surface area contributed by atoms with Crippen molar-refractivity contribution < 1.29 is 13.7 Å². The van der Waals surface area contributed by atoms with E-state index >= 15 is 0 Å². The number of aryl methyl sites for hydroxylation is 2. The number of urea groups is 1. The zero-order valence-corrected chi connectivity index (χ0v) is 15.6. The summed E-state index contributed by atoms with van der Waals surface area (Å²) in [5.41, 5.74) is 3.24. The molecule has 0 spiro atoms. The molecule has 0 radical (unpaired) electrons. The molecule has 1 aliphatic heterocycles. The second kappa shape index (κ2) is 7.32. The fraction of sp³-hybridized carbons (Fsp3) is 0.400. The first kappa shape index (κ1) is 18.2. The first-order valence-corrected chi connectivity index (χ1v) is 8.81. The number of piperidine rings is 1. The zero-order chi connectivity index (χ0) is 18.8. The van der Waals surface area contributed by atoms with Crippen molar-refractivity contribution in [2.75, 3.05) is 18.4 Å². The number of hydrogen-bond acceptors (Lipinski definition) is 3. The van der Waals surface area contributed by atoms with Crippen LogP contribution in [-0.4, -0.2) is 29.2 Å². The Labute approximate surface area is 152 Å². The van der Waals surface area contributed by atoms with Gasteiger partial charge in [0.1, 0.15) is 11.6 Å². The summed E-state index contributed by atoms with van der Waals surface area (Å²) >= 11 is 0. The van der Waals surface area contributed by atoms with Crippen LogP contribution in [0.2, 0.25) is 0 Å². The van der Waals surface area contributed by atoms with Crippen molar-refractivity contribution >= 4 is 17.9 Å². The van der Waals surface area contributed by atoms with E-state index in [0.29, 0.717) is 35.8 Å². The summed E-state index contributed by atoms with van der Waals surface area (Å²) in [5.74, 6) is 1.14. The second-order valence-corrected chi connectivity index (χ2v) is 6.94. The largest absolute Gasteiger partial charge is 0.359 e. The number of likely N-dealkylation sites (tertiary alicyclic amines) is 1. The lowest BCUT2D eigenvalue weighted by atomic mass is 9.91. The fourth-order valence-corrected chi connectivity index (χ4v) is 3.14. The van der Waals surface area contributed by atoms with Gasteiger partial charge in [-0.05, 0) is 38.7 Å². The lowest BCUT2D eigenvalue weighted by Gasteiger charge is -2.33. The first-order chi connectivity index (χ1) is 12.4. The molecule has 26 heavy (non-hydrogen) atoms. The third kappa shape index (κ3) is 3.64. The third-order valence-electron chi connectivity index (χ3n) is 5.03. The molecule has 0 bridgehead atoms. The minimum Gasteiger partial charge on any atom is -0.359 e. The fourth-order valence-electron chi connectivity index (χ4n) is 3.14. The van der Waals surface area contributed by atoms with Crippen LogP contribution in [0.4, 0.5) is 15.0 Å². The van der Waals surface area contributed by atoms with E-state index < -0.39 is 0 Å². The normalized spacial score (nSPS) is 19.0. The van der Waals surface area contributed by atoms with Crippen LogP contribution in [0.1, 0.15) is 35.8 Å². The highest BCUT2D eigenvalue weighted by atomic mass is 19.1. The van der Waals surface area contributed by atoms with Gasteiger partial charge in [-0.2, -0.15) is 0 Å². The molecule has 1 fully saturated rings. The van der Waals surface area contributed by atoms with Crippen molar-refractivity contribution in [2.45, 2.75) is 34.1 Å². The van der Waals surface area contributed by atoms with E-state index in [-0.39, 0.29) is 17.8 Å². The molecule has 0 saturated carbocycles. The van der Waals surface area contributed by atoms with E-state index in [2.05, 4.69) is 17.4 Å². The van der Waals surface area contributed by atoms with Crippen molar-refractivity contribution in [2.24, 2.45) is 5.92 Å². The molecular weight excluding hydrogens is 333 g/mol. The van der Waals surface area contributed by atoms with E-state index in [1.54, 1.807) is 24.0 Å². The molecule has 0 aliphatic carbocycles. The van der Waals surface area contributed by atoms with Gasteiger partial charge in [0, 0.05) is 24.2 Å². The Bertz CT molecular complexity index is 857. The van der Waals surface area contributed by atoms with E-state index in [9.17, 15) is 9.18 Å². The van der Waals surface area contributed by atoms with Crippen LogP contribution in [0.3, 0.4) is 0 Å². The van der Waals surface area contributed by atoms with Crippen LogP contribution in [0.5, 0.6) is 0 Å². The molecule has 138 valence electrons. The van der Waals surface area contributed by atoms with E-state index in [1.165, 1.54) is 0 Å². The van der Waals surface area contributed by atoms with Crippen LogP contribution in [0.25, 0.3) is 6.08 Å². The summed E-state index contributed by atoms with van der Waals surface area (Å²) < 4.78 is 19.3. The van der Waals surface area contributed by atoms with Gasteiger partial charge in [0.15, 0.2) is 5.82 Å². The van der Waals surface area contributed by atoms with Gasteiger partial charge in [0.25, 0.3) is 0 Å². The number of carbonyl (C=O) groups excluding carboxylic acids is 1. The molecule has 1 aliphatic rings. The summed E-state index contributed by atoms with van der Waals surface area (Å²) in [7, 11) is 0. The molecule has 6 heteroatoms. The summed E-state index contributed by atoms with van der Waals surface area (Å²) in [5, 5.41) is 6.68. The van der Waals surface area contributed by atoms with Gasteiger partial charge in [-0.25, -0.2) is 9.18 Å². The van der Waals surface area contributed by atoms with Gasteiger partial charge in [-0.1, -0.05) is 41.9 Å². The Balaban J connectivity index is 1.68. The molecular formula is C20H24FN3O2. The Morgan fingerprint density at radius 2 is 2.15 bits per heavy atom. The average Bonchev–Trinajstić information content (AvgIpc) is 2.92. The monoisotopic (exact) mass is 357 g/mol. The maximum absolute atomic E-state index is 14.2. The summed E-state index contributed by atoms with van der Waals surface area (Å²) in [6.07, 6.45) is 2.65. The zero-order valence-electron chi connectivity index (χ0n) is 15.6. The van der Waals surface area contributed by atoms with Crippen LogP contribution < -0.4 is 5.32 Å². The number of carbonyl (C=O) groups is 1. The number of benzene rings is 1. The summed E-state index contributed by atoms with van der Waals surface area (Å²) in [4.78, 5) is 14.3. The SMILES string of the molecule is Cc1cccc(/C=C2\CCN(C(=O)Nc3noc(C)c3C)CC2C)c1F. The second-order valence-electron chi connectivity index (χ2n) is 6.94. The highest BCUT2D eigenvalue weighted by molar-refractivity contribution is 5.89. The molecule has 1 saturated heterocycles. The molecule has 1 unspecified atom stereocenters. The average molecular weight is 357 g/mol. The predicted molar refractivity (Wildman–Crippen MR) is 99.5 cm³/mol. The number of nitrogens with one attached hydrogen (secondary N) is 1. The molecule has 1 aromatic heterocycles. The van der Waals surface area contributed by atoms with Gasteiger partial charge in [-0.15, -0.1) is 0 Å². The van der Waals surface area contributed by atoms with Crippen molar-refractivity contribution in [3.05, 3.63) is 52.0 Å². The minimum absolute atomic E-state index is 0.162. The summed E-state index contributed by atoms with van der Waals surface area (Å²) in [6.45, 7) is 8.66. The first-order valence-electron chi connectivity index (χ1n) is 8.81. The van der Waals surface area contributed by atoms with Crippen LogP contribution in [-0.2, 0) is 0 Å². The molecule has 3 rings (SSSR count). The molecule has 2 amide bonds. The highest BCUT2D eigenvalue weighted by Crippen LogP contribution is 2.27. The maximum Gasteiger partial charge on any atom is 0.323 e. The summed E-state index contributed by atoms with van der Waals surface area (Å²) in [6, 6.07) is 5.23. The lowest BCUT2D eigenvalue weighted by molar-refractivity contribution is 0.197. The van der Waals surface area contributed by atoms with Crippen LogP contribution in [0, 0.1) is 32.5 Å². The highest BCUT2D eigenvalue weighted by Gasteiger charge is 2.25. The molecule has 2 heterocycles. The van der Waals surface area contributed by atoms with E-state index in [1.807, 2.05) is 26.0 Å². The lowest BCUT2D eigenvalue weighted by Crippen LogP contribution is -2.42. The van der Waals surface area contributed by atoms with Crippen molar-refractivity contribution in [3.63, 3.8) is 0 Å². The number of amides is 2. The number of halogens is 1. The molecule has 1 N–H and O–H groups in total. The van der Waals surface area contributed by atoms with Crippen molar-refractivity contribution in [1.82, 2.24) is 10.1 Å². The van der Waals surface area contributed by atoms with Crippen molar-refractivity contribution in [3.8, 4) is 0 Å². The minimum atomic E-state index is -0.186. The van der Waals surface area contributed by atoms with Gasteiger partial charge in [0.2, 0.25) is 0 Å². The van der Waals surface area contributed by atoms with Gasteiger partial charge in [0.05, 0.1) is 0 Å². The molecule has 1 aromatic carbocycles. The van der Waals surface area contributed by atoms with Gasteiger partial charge in [-0.3, -0.25) is 5.32 Å². The number of rotatable bonds is 2. The third-order valence-corrected chi connectivity index (χ3v) is 5.03. The number of hydrogen-bond donors (Lipinski definition) is 1. The van der Waals surface area contributed by atoms with E-state index in [0.717, 1.165) is 17.6 Å². The smallest absolute Gasteiger partial charge is 0.323 e. The van der Waals surface area contributed by atoms with Crippen LogP contribution in [0.15, 0.2) is 28.3 Å². The Kier molecular flexibility index (Phi) is 5.11. The Morgan fingerprint density at radius 1 is 1.38 bits per heavy atom. The molecule has 2 aromatic rings. The predicted octanol–water partition coefficient (Wildman–Crippen LogP) is 4.70. The standard InChI is InChI=1S/C20H24FN3O2/c1-12-6-5-7-17(18(12)21)10-16-8-9-24(11-13(16)2)20(25)22-19-14(3)15(4)26-23-19/h5-7,10,13H,8-9,11H2,1-4H3,(H,22,23,25)/b16-10+. The molecule has 5 nitrogen and oxygen atoms in total. The maximum atomic E-state index is 14.2. The van der Waals surface area contributed by atoms with Crippen molar-refractivity contribution in [1.29, 1.82) is 0 Å². The van der Waals surface area contributed by atoms with Gasteiger partial charge >= 0.3 is 6.03 Å². The molecule has 1 atom stereocenters. The topological polar surface area (TPSA) is 58.4 Å². The Morgan fingerprint density at radius 3 is 2.81 bits per heavy atom. The quantitative estimate of drug-likeness (QED) is 0.848. The number of aromatic nitrogens is 1. The van der Waals surface area contributed by atoms with Gasteiger partial charge < -0.3 is 9.42 Å². The van der Waals surface area contributed by atoms with E-state index in [4.69, 9.17) is 4.52 Å². The van der Waals surface area contributed by atoms with Crippen LogP contribution >= 0.6 is 0 Å². The number of nitrogens with zero attached hydrogens (tertiary/aromatic N) is 2. The Hall–Kier alpha value is -2.63.